The molecule has 96 valence electrons. The monoisotopic (exact) mass is 228 g/mol. The van der Waals surface area contributed by atoms with E-state index in [2.05, 4.69) is 38.0 Å². The van der Waals surface area contributed by atoms with Crippen molar-refractivity contribution in [3.8, 4) is 0 Å². The molecule has 1 aliphatic rings. The Kier molecular flexibility index (Phi) is 5.22. The zero-order chi connectivity index (χ0) is 12.2. The number of ether oxygens (including phenoxy) is 1. The van der Waals surface area contributed by atoms with E-state index in [1.54, 1.807) is 7.11 Å². The molecule has 0 radical (unpaired) electrons. The number of methoxy groups -OCH3 is 1. The van der Waals surface area contributed by atoms with Crippen LogP contribution < -0.4 is 5.32 Å². The molecule has 1 rings (SSSR count). The first kappa shape index (κ1) is 13.9. The van der Waals surface area contributed by atoms with Crippen LogP contribution in [0.2, 0.25) is 0 Å². The third kappa shape index (κ3) is 4.81. The van der Waals surface area contributed by atoms with Gasteiger partial charge in [0.05, 0.1) is 5.60 Å². The summed E-state index contributed by atoms with van der Waals surface area (Å²) in [7, 11) is 4.00. The van der Waals surface area contributed by atoms with E-state index in [1.165, 1.54) is 25.9 Å². The van der Waals surface area contributed by atoms with Crippen LogP contribution in [0.25, 0.3) is 0 Å². The summed E-state index contributed by atoms with van der Waals surface area (Å²) in [6, 6.07) is 1.22. The molecule has 0 aromatic rings. The van der Waals surface area contributed by atoms with E-state index in [4.69, 9.17) is 4.74 Å². The fourth-order valence-electron chi connectivity index (χ4n) is 2.46. The Morgan fingerprint density at radius 3 is 2.44 bits per heavy atom. The van der Waals surface area contributed by atoms with Crippen molar-refractivity contribution in [1.29, 1.82) is 0 Å². The van der Waals surface area contributed by atoms with Crippen LogP contribution in [0.3, 0.4) is 0 Å². The maximum Gasteiger partial charge on any atom is 0.0637 e. The molecule has 1 aliphatic heterocycles. The molecule has 3 nitrogen and oxygen atoms in total. The van der Waals surface area contributed by atoms with Crippen molar-refractivity contribution in [2.24, 2.45) is 0 Å². The Bertz CT molecular complexity index is 198. The van der Waals surface area contributed by atoms with E-state index in [0.717, 1.165) is 6.42 Å². The number of rotatable bonds is 5. The van der Waals surface area contributed by atoms with Crippen LogP contribution in [0.4, 0.5) is 0 Å². The second-order valence-electron chi connectivity index (χ2n) is 5.81. The van der Waals surface area contributed by atoms with E-state index in [1.807, 2.05) is 0 Å². The maximum atomic E-state index is 5.47. The molecule has 0 spiro atoms. The van der Waals surface area contributed by atoms with Crippen molar-refractivity contribution in [1.82, 2.24) is 10.2 Å². The molecule has 0 bridgehead atoms. The average molecular weight is 228 g/mol. The highest BCUT2D eigenvalue weighted by Gasteiger charge is 2.23. The zero-order valence-electron chi connectivity index (χ0n) is 11.5. The molecule has 1 saturated heterocycles. The molecule has 1 N–H and O–H groups in total. The Morgan fingerprint density at radius 2 is 1.94 bits per heavy atom. The Hall–Kier alpha value is -0.120. The van der Waals surface area contributed by atoms with E-state index in [0.29, 0.717) is 12.1 Å². The van der Waals surface area contributed by atoms with Gasteiger partial charge in [-0.2, -0.15) is 0 Å². The third-order valence-corrected chi connectivity index (χ3v) is 3.59. The lowest BCUT2D eigenvalue weighted by Gasteiger charge is -2.34. The summed E-state index contributed by atoms with van der Waals surface area (Å²) in [6.45, 7) is 9.01. The number of nitrogens with zero attached hydrogens (tertiary/aromatic N) is 1. The van der Waals surface area contributed by atoms with Gasteiger partial charge < -0.3 is 15.0 Å². The van der Waals surface area contributed by atoms with Gasteiger partial charge in [-0.25, -0.2) is 0 Å². The van der Waals surface area contributed by atoms with E-state index >= 15 is 0 Å². The van der Waals surface area contributed by atoms with E-state index in [-0.39, 0.29) is 5.60 Å². The van der Waals surface area contributed by atoms with Crippen molar-refractivity contribution in [3.05, 3.63) is 0 Å². The molecule has 1 unspecified atom stereocenters. The highest BCUT2D eigenvalue weighted by molar-refractivity contribution is 4.81. The Balaban J connectivity index is 2.26. The van der Waals surface area contributed by atoms with E-state index in [9.17, 15) is 0 Å². The van der Waals surface area contributed by atoms with Gasteiger partial charge in [0, 0.05) is 19.2 Å². The van der Waals surface area contributed by atoms with Crippen LogP contribution in [-0.2, 0) is 4.74 Å². The van der Waals surface area contributed by atoms with Crippen molar-refractivity contribution in [2.75, 3.05) is 27.2 Å². The number of hydrogen-bond acceptors (Lipinski definition) is 3. The quantitative estimate of drug-likeness (QED) is 0.777. The summed E-state index contributed by atoms with van der Waals surface area (Å²) in [5.41, 5.74) is -0.0160. The maximum absolute atomic E-state index is 5.47. The summed E-state index contributed by atoms with van der Waals surface area (Å²) in [5.74, 6) is 0. The number of nitrogens with one attached hydrogen (secondary N) is 1. The van der Waals surface area contributed by atoms with Gasteiger partial charge >= 0.3 is 0 Å². The van der Waals surface area contributed by atoms with Crippen molar-refractivity contribution >= 4 is 0 Å². The molecular formula is C13H28N2O. The van der Waals surface area contributed by atoms with Crippen molar-refractivity contribution in [2.45, 2.75) is 57.7 Å². The third-order valence-electron chi connectivity index (χ3n) is 3.59. The van der Waals surface area contributed by atoms with Crippen LogP contribution in [0.15, 0.2) is 0 Å². The van der Waals surface area contributed by atoms with Gasteiger partial charge in [-0.3, -0.25) is 0 Å². The molecule has 3 heteroatoms. The highest BCUT2D eigenvalue weighted by atomic mass is 16.5. The largest absolute Gasteiger partial charge is 0.379 e. The van der Waals surface area contributed by atoms with Gasteiger partial charge in [-0.05, 0) is 60.2 Å². The Morgan fingerprint density at radius 1 is 1.38 bits per heavy atom. The predicted molar refractivity (Wildman–Crippen MR) is 68.8 cm³/mol. The highest BCUT2D eigenvalue weighted by Crippen LogP contribution is 2.17. The average Bonchev–Trinajstić information content (AvgIpc) is 2.21. The Labute approximate surface area is 101 Å². The molecule has 0 aromatic carbocycles. The standard InChI is InChI=1S/C13H28N2O/c1-11(10-13(2,3)16-5)14-12-6-8-15(4)9-7-12/h11-12,14H,6-10H2,1-5H3. The lowest BCUT2D eigenvalue weighted by molar-refractivity contribution is 0.00701. The van der Waals surface area contributed by atoms with Gasteiger partial charge in [0.25, 0.3) is 0 Å². The van der Waals surface area contributed by atoms with Crippen LogP contribution in [-0.4, -0.2) is 49.8 Å². The van der Waals surface area contributed by atoms with Crippen molar-refractivity contribution < 1.29 is 4.74 Å². The summed E-state index contributed by atoms with van der Waals surface area (Å²) in [5, 5.41) is 3.72. The van der Waals surface area contributed by atoms with Crippen LogP contribution in [0, 0.1) is 0 Å². The molecule has 1 atom stereocenters. The fourth-order valence-corrected chi connectivity index (χ4v) is 2.46. The summed E-state index contributed by atoms with van der Waals surface area (Å²) in [6.07, 6.45) is 3.61. The smallest absolute Gasteiger partial charge is 0.0637 e. The summed E-state index contributed by atoms with van der Waals surface area (Å²) >= 11 is 0. The predicted octanol–water partition coefficient (Wildman–Crippen LogP) is 1.87. The molecule has 16 heavy (non-hydrogen) atoms. The first-order chi connectivity index (χ1) is 7.43. The number of likely N-dealkylation sites (tertiary alicyclic amines) is 1. The van der Waals surface area contributed by atoms with Gasteiger partial charge in [0.1, 0.15) is 0 Å². The second kappa shape index (κ2) is 5.99. The molecule has 0 saturated carbocycles. The van der Waals surface area contributed by atoms with E-state index < -0.39 is 0 Å². The molecular weight excluding hydrogens is 200 g/mol. The normalized spacial score (nSPS) is 22.3. The van der Waals surface area contributed by atoms with Gasteiger partial charge in [-0.1, -0.05) is 0 Å². The lowest BCUT2D eigenvalue weighted by Crippen LogP contribution is -2.46. The summed E-state index contributed by atoms with van der Waals surface area (Å²) < 4.78 is 5.47. The minimum Gasteiger partial charge on any atom is -0.379 e. The second-order valence-corrected chi connectivity index (χ2v) is 5.81. The number of piperidine rings is 1. The topological polar surface area (TPSA) is 24.5 Å². The SMILES string of the molecule is COC(C)(C)CC(C)NC1CCN(C)CC1. The molecule has 1 heterocycles. The fraction of sp³-hybridized carbons (Fsp3) is 1.00. The van der Waals surface area contributed by atoms with Gasteiger partial charge in [-0.15, -0.1) is 0 Å². The summed E-state index contributed by atoms with van der Waals surface area (Å²) in [4.78, 5) is 2.40. The lowest BCUT2D eigenvalue weighted by atomic mass is 9.97. The molecule has 0 aromatic heterocycles. The minimum absolute atomic E-state index is 0.0160. The van der Waals surface area contributed by atoms with Crippen LogP contribution in [0.1, 0.15) is 40.0 Å². The van der Waals surface area contributed by atoms with Crippen LogP contribution >= 0.6 is 0 Å². The molecule has 0 amide bonds. The zero-order valence-corrected chi connectivity index (χ0v) is 11.5. The first-order valence-electron chi connectivity index (χ1n) is 6.43. The number of hydrogen-bond donors (Lipinski definition) is 1. The van der Waals surface area contributed by atoms with Gasteiger partial charge in [0.2, 0.25) is 0 Å². The van der Waals surface area contributed by atoms with Crippen LogP contribution in [0.5, 0.6) is 0 Å². The van der Waals surface area contributed by atoms with Gasteiger partial charge in [0.15, 0.2) is 0 Å². The minimum atomic E-state index is -0.0160. The molecule has 1 fully saturated rings. The van der Waals surface area contributed by atoms with Crippen molar-refractivity contribution in [3.63, 3.8) is 0 Å². The molecule has 0 aliphatic carbocycles. The first-order valence-corrected chi connectivity index (χ1v) is 6.43.